The lowest BCUT2D eigenvalue weighted by molar-refractivity contribution is 0.173. The van der Waals surface area contributed by atoms with Gasteiger partial charge in [-0.1, -0.05) is 13.3 Å². The van der Waals surface area contributed by atoms with E-state index in [2.05, 4.69) is 12.2 Å². The smallest absolute Gasteiger partial charge is 0.231 e. The number of rotatable bonds is 5. The maximum Gasteiger partial charge on any atom is 0.231 e. The number of benzene rings is 1. The van der Waals surface area contributed by atoms with Gasteiger partial charge >= 0.3 is 0 Å². The second kappa shape index (κ2) is 5.07. The maximum atomic E-state index is 9.59. The molecule has 88 valence electrons. The monoisotopic (exact) mass is 223 g/mol. The molecule has 0 saturated heterocycles. The number of ether oxygens (including phenoxy) is 2. The fourth-order valence-corrected chi connectivity index (χ4v) is 1.68. The van der Waals surface area contributed by atoms with Gasteiger partial charge < -0.3 is 19.9 Å². The van der Waals surface area contributed by atoms with Gasteiger partial charge in [0, 0.05) is 18.3 Å². The van der Waals surface area contributed by atoms with Crippen molar-refractivity contribution in [3.63, 3.8) is 0 Å². The summed E-state index contributed by atoms with van der Waals surface area (Å²) < 4.78 is 10.5. The van der Waals surface area contributed by atoms with Gasteiger partial charge in [0.15, 0.2) is 11.5 Å². The second-order valence-electron chi connectivity index (χ2n) is 3.89. The van der Waals surface area contributed by atoms with Crippen LogP contribution in [0.15, 0.2) is 18.2 Å². The Morgan fingerprint density at radius 2 is 2.19 bits per heavy atom. The highest BCUT2D eigenvalue weighted by atomic mass is 16.7. The van der Waals surface area contributed by atoms with E-state index in [-0.39, 0.29) is 12.9 Å². The summed E-state index contributed by atoms with van der Waals surface area (Å²) in [4.78, 5) is 0. The minimum Gasteiger partial charge on any atom is -0.454 e. The Kier molecular flexibility index (Phi) is 3.51. The summed E-state index contributed by atoms with van der Waals surface area (Å²) in [7, 11) is 0. The number of anilines is 1. The molecule has 0 bridgehead atoms. The number of aliphatic hydroxyl groups excluding tert-OH is 1. The Morgan fingerprint density at radius 1 is 1.38 bits per heavy atom. The second-order valence-corrected chi connectivity index (χ2v) is 3.89. The summed E-state index contributed by atoms with van der Waals surface area (Å²) in [6.07, 6.45) is 1.51. The van der Waals surface area contributed by atoms with Crippen molar-refractivity contribution in [1.29, 1.82) is 0 Å². The van der Waals surface area contributed by atoms with Gasteiger partial charge in [-0.15, -0.1) is 0 Å². The lowest BCUT2D eigenvalue weighted by atomic mass is 10.2. The van der Waals surface area contributed by atoms with Crippen molar-refractivity contribution >= 4 is 5.69 Å². The summed E-state index contributed by atoms with van der Waals surface area (Å²) in [5, 5.41) is 12.8. The molecule has 1 atom stereocenters. The minimum absolute atomic E-state index is 0.289. The summed E-state index contributed by atoms with van der Waals surface area (Å²) in [5.74, 6) is 1.54. The molecule has 0 aromatic heterocycles. The molecule has 4 heteroatoms. The van der Waals surface area contributed by atoms with Crippen LogP contribution in [0.5, 0.6) is 11.5 Å². The van der Waals surface area contributed by atoms with Crippen molar-refractivity contribution < 1.29 is 14.6 Å². The molecule has 0 saturated carbocycles. The normalized spacial score (nSPS) is 14.9. The SMILES string of the molecule is CCCC(O)CNc1ccc2c(c1)OCO2. The van der Waals surface area contributed by atoms with Crippen LogP contribution < -0.4 is 14.8 Å². The van der Waals surface area contributed by atoms with Gasteiger partial charge in [-0.3, -0.25) is 0 Å². The topological polar surface area (TPSA) is 50.7 Å². The van der Waals surface area contributed by atoms with E-state index in [0.717, 1.165) is 30.0 Å². The fourth-order valence-electron chi connectivity index (χ4n) is 1.68. The van der Waals surface area contributed by atoms with Gasteiger partial charge in [-0.2, -0.15) is 0 Å². The first-order valence-corrected chi connectivity index (χ1v) is 5.61. The van der Waals surface area contributed by atoms with E-state index in [4.69, 9.17) is 9.47 Å². The van der Waals surface area contributed by atoms with Crippen LogP contribution in [0, 0.1) is 0 Å². The molecular weight excluding hydrogens is 206 g/mol. The highest BCUT2D eigenvalue weighted by Crippen LogP contribution is 2.34. The summed E-state index contributed by atoms with van der Waals surface area (Å²) in [5.41, 5.74) is 0.944. The Hall–Kier alpha value is -1.42. The van der Waals surface area contributed by atoms with Gasteiger partial charge in [0.25, 0.3) is 0 Å². The van der Waals surface area contributed by atoms with Crippen LogP contribution in [0.2, 0.25) is 0 Å². The number of fused-ring (bicyclic) bond motifs is 1. The van der Waals surface area contributed by atoms with Crippen LogP contribution in [0.3, 0.4) is 0 Å². The first-order chi connectivity index (χ1) is 7.79. The van der Waals surface area contributed by atoms with Crippen molar-refractivity contribution in [3.05, 3.63) is 18.2 Å². The molecule has 16 heavy (non-hydrogen) atoms. The first-order valence-electron chi connectivity index (χ1n) is 5.61. The van der Waals surface area contributed by atoms with Crippen LogP contribution in [0.25, 0.3) is 0 Å². The minimum atomic E-state index is -0.296. The average molecular weight is 223 g/mol. The van der Waals surface area contributed by atoms with Crippen molar-refractivity contribution in [2.45, 2.75) is 25.9 Å². The average Bonchev–Trinajstić information content (AvgIpc) is 2.74. The summed E-state index contributed by atoms with van der Waals surface area (Å²) in [6.45, 7) is 2.91. The van der Waals surface area contributed by atoms with Gasteiger partial charge in [0.05, 0.1) is 6.10 Å². The molecule has 1 aromatic carbocycles. The Bertz CT molecular complexity index is 354. The molecule has 1 aliphatic rings. The molecule has 1 aromatic rings. The third kappa shape index (κ3) is 2.58. The maximum absolute atomic E-state index is 9.59. The number of hydrogen-bond donors (Lipinski definition) is 2. The molecule has 0 fully saturated rings. The van der Waals surface area contributed by atoms with Gasteiger partial charge in [0.1, 0.15) is 0 Å². The van der Waals surface area contributed by atoms with E-state index in [1.165, 1.54) is 0 Å². The zero-order valence-corrected chi connectivity index (χ0v) is 9.40. The highest BCUT2D eigenvalue weighted by molar-refractivity contribution is 5.55. The molecule has 0 radical (unpaired) electrons. The molecule has 2 N–H and O–H groups in total. The van der Waals surface area contributed by atoms with E-state index in [1.54, 1.807) is 0 Å². The van der Waals surface area contributed by atoms with Crippen LogP contribution >= 0.6 is 0 Å². The van der Waals surface area contributed by atoms with Crippen molar-refractivity contribution in [1.82, 2.24) is 0 Å². The fraction of sp³-hybridized carbons (Fsp3) is 0.500. The number of aliphatic hydroxyl groups is 1. The largest absolute Gasteiger partial charge is 0.454 e. The quantitative estimate of drug-likeness (QED) is 0.801. The van der Waals surface area contributed by atoms with Crippen LogP contribution in [0.1, 0.15) is 19.8 Å². The highest BCUT2D eigenvalue weighted by Gasteiger charge is 2.13. The van der Waals surface area contributed by atoms with E-state index in [0.29, 0.717) is 6.54 Å². The van der Waals surface area contributed by atoms with E-state index in [1.807, 2.05) is 18.2 Å². The lowest BCUT2D eigenvalue weighted by Gasteiger charge is -2.11. The number of hydrogen-bond acceptors (Lipinski definition) is 4. The molecule has 2 rings (SSSR count). The van der Waals surface area contributed by atoms with Crippen LogP contribution in [0.4, 0.5) is 5.69 Å². The van der Waals surface area contributed by atoms with Crippen molar-refractivity contribution in [2.24, 2.45) is 0 Å². The molecule has 1 heterocycles. The molecule has 4 nitrogen and oxygen atoms in total. The van der Waals surface area contributed by atoms with Crippen LogP contribution in [-0.4, -0.2) is 24.5 Å². The van der Waals surface area contributed by atoms with Gasteiger partial charge in [-0.25, -0.2) is 0 Å². The zero-order chi connectivity index (χ0) is 11.4. The predicted octanol–water partition coefficient (Wildman–Crippen LogP) is 1.99. The Labute approximate surface area is 95.2 Å². The van der Waals surface area contributed by atoms with Crippen LogP contribution in [-0.2, 0) is 0 Å². The summed E-state index contributed by atoms with van der Waals surface area (Å²) >= 11 is 0. The molecule has 0 spiro atoms. The predicted molar refractivity (Wildman–Crippen MR) is 62.0 cm³/mol. The standard InChI is InChI=1S/C12H17NO3/c1-2-3-10(14)7-13-9-4-5-11-12(6-9)16-8-15-11/h4-6,10,13-14H,2-3,7-8H2,1H3. The molecule has 1 aliphatic heterocycles. The Morgan fingerprint density at radius 3 is 3.00 bits per heavy atom. The van der Waals surface area contributed by atoms with E-state index >= 15 is 0 Å². The third-order valence-electron chi connectivity index (χ3n) is 2.54. The van der Waals surface area contributed by atoms with E-state index in [9.17, 15) is 5.11 Å². The molecule has 0 amide bonds. The first kappa shape index (κ1) is 11.1. The lowest BCUT2D eigenvalue weighted by Crippen LogP contribution is -2.18. The number of nitrogens with one attached hydrogen (secondary N) is 1. The zero-order valence-electron chi connectivity index (χ0n) is 9.40. The van der Waals surface area contributed by atoms with Gasteiger partial charge in [-0.05, 0) is 18.6 Å². The van der Waals surface area contributed by atoms with Crippen molar-refractivity contribution in [2.75, 3.05) is 18.7 Å². The Balaban J connectivity index is 1.90. The third-order valence-corrected chi connectivity index (χ3v) is 2.54. The molecule has 0 aliphatic carbocycles. The van der Waals surface area contributed by atoms with Gasteiger partial charge in [0.2, 0.25) is 6.79 Å². The molecule has 1 unspecified atom stereocenters. The van der Waals surface area contributed by atoms with Crippen molar-refractivity contribution in [3.8, 4) is 11.5 Å². The molecular formula is C12H17NO3. The van der Waals surface area contributed by atoms with E-state index < -0.39 is 0 Å². The summed E-state index contributed by atoms with van der Waals surface area (Å²) in [6, 6.07) is 5.68.